The number of hydrogen-bond donors (Lipinski definition) is 2. The van der Waals surface area contributed by atoms with Gasteiger partial charge in [0.15, 0.2) is 0 Å². The molecule has 0 saturated heterocycles. The van der Waals surface area contributed by atoms with E-state index in [1.165, 1.54) is 5.56 Å². The van der Waals surface area contributed by atoms with E-state index in [0.29, 0.717) is 5.82 Å². The molecule has 0 aliphatic carbocycles. The third kappa shape index (κ3) is 2.95. The number of aromatic nitrogens is 1. The van der Waals surface area contributed by atoms with Crippen LogP contribution in [-0.4, -0.2) is 11.5 Å². The van der Waals surface area contributed by atoms with E-state index in [-0.39, 0.29) is 0 Å². The summed E-state index contributed by atoms with van der Waals surface area (Å²) in [5.41, 5.74) is 6.93. The Kier molecular flexibility index (Phi) is 3.19. The van der Waals surface area contributed by atoms with Crippen molar-refractivity contribution in [3.05, 3.63) is 40.6 Å². The number of rotatable bonds is 4. The fourth-order valence-electron chi connectivity index (χ4n) is 1.32. The molecule has 0 amide bonds. The summed E-state index contributed by atoms with van der Waals surface area (Å²) in [6.07, 6.45) is 1.01. The maximum absolute atomic E-state index is 5.58. The molecule has 0 unspecified atom stereocenters. The number of nitrogens with zero attached hydrogens (tertiary/aromatic N) is 1. The van der Waals surface area contributed by atoms with E-state index in [9.17, 15) is 0 Å². The van der Waals surface area contributed by atoms with Crippen molar-refractivity contribution >= 4 is 23.0 Å². The molecule has 0 aromatic carbocycles. The highest BCUT2D eigenvalue weighted by Gasteiger charge is 1.95. The summed E-state index contributed by atoms with van der Waals surface area (Å²) in [6.45, 7) is 0.882. The maximum atomic E-state index is 5.58. The predicted molar refractivity (Wildman–Crippen MR) is 65.2 cm³/mol. The van der Waals surface area contributed by atoms with E-state index in [1.807, 2.05) is 12.1 Å². The van der Waals surface area contributed by atoms with Crippen molar-refractivity contribution in [2.75, 3.05) is 17.6 Å². The summed E-state index contributed by atoms with van der Waals surface area (Å²) in [7, 11) is 0. The van der Waals surface area contributed by atoms with Gasteiger partial charge in [-0.25, -0.2) is 4.98 Å². The van der Waals surface area contributed by atoms with Crippen LogP contribution in [-0.2, 0) is 6.42 Å². The predicted octanol–water partition coefficient (Wildman–Crippen LogP) is 2.38. The van der Waals surface area contributed by atoms with E-state index in [0.717, 1.165) is 18.8 Å². The zero-order chi connectivity index (χ0) is 10.5. The minimum Gasteiger partial charge on any atom is -0.384 e. The van der Waals surface area contributed by atoms with Crippen molar-refractivity contribution in [2.24, 2.45) is 0 Å². The number of nitrogens with one attached hydrogen (secondary N) is 1. The average molecular weight is 219 g/mol. The van der Waals surface area contributed by atoms with Crippen LogP contribution < -0.4 is 11.1 Å². The molecule has 0 aliphatic heterocycles. The highest BCUT2D eigenvalue weighted by atomic mass is 32.1. The quantitative estimate of drug-likeness (QED) is 0.830. The molecule has 78 valence electrons. The molecule has 0 aliphatic rings. The number of hydrogen-bond acceptors (Lipinski definition) is 4. The van der Waals surface area contributed by atoms with Crippen molar-refractivity contribution in [3.63, 3.8) is 0 Å². The normalized spacial score (nSPS) is 10.1. The van der Waals surface area contributed by atoms with Crippen LogP contribution in [0.5, 0.6) is 0 Å². The molecule has 2 aromatic rings. The van der Waals surface area contributed by atoms with Crippen molar-refractivity contribution in [1.29, 1.82) is 0 Å². The van der Waals surface area contributed by atoms with Crippen molar-refractivity contribution < 1.29 is 0 Å². The van der Waals surface area contributed by atoms with Crippen molar-refractivity contribution in [3.8, 4) is 0 Å². The zero-order valence-electron chi connectivity index (χ0n) is 8.31. The van der Waals surface area contributed by atoms with Gasteiger partial charge >= 0.3 is 0 Å². The molecule has 0 radical (unpaired) electrons. The molecule has 15 heavy (non-hydrogen) atoms. The fourth-order valence-corrected chi connectivity index (χ4v) is 2.02. The lowest BCUT2D eigenvalue weighted by Gasteiger charge is -2.04. The lowest BCUT2D eigenvalue weighted by atomic mass is 10.2. The van der Waals surface area contributed by atoms with Gasteiger partial charge in [0.05, 0.1) is 0 Å². The summed E-state index contributed by atoms with van der Waals surface area (Å²) in [4.78, 5) is 4.16. The van der Waals surface area contributed by atoms with E-state index in [1.54, 1.807) is 17.4 Å². The lowest BCUT2D eigenvalue weighted by Crippen LogP contribution is -2.06. The number of pyridine rings is 1. The molecule has 2 heterocycles. The molecule has 0 fully saturated rings. The van der Waals surface area contributed by atoms with Gasteiger partial charge in [0, 0.05) is 6.54 Å². The molecule has 2 rings (SSSR count). The second-order valence-corrected chi connectivity index (χ2v) is 4.04. The van der Waals surface area contributed by atoms with Crippen LogP contribution in [0.2, 0.25) is 0 Å². The topological polar surface area (TPSA) is 50.9 Å². The Labute approximate surface area is 93.0 Å². The number of thiophene rings is 1. The standard InChI is InChI=1S/C11H13N3S/c12-10-2-1-3-11(14-10)13-6-4-9-5-7-15-8-9/h1-3,5,7-8H,4,6H2,(H3,12,13,14). The van der Waals surface area contributed by atoms with Crippen LogP contribution >= 0.6 is 11.3 Å². The first-order valence-corrected chi connectivity index (χ1v) is 5.76. The van der Waals surface area contributed by atoms with Crippen LogP contribution in [0.4, 0.5) is 11.6 Å². The summed E-state index contributed by atoms with van der Waals surface area (Å²) >= 11 is 1.72. The first-order chi connectivity index (χ1) is 7.34. The van der Waals surface area contributed by atoms with Gasteiger partial charge in [-0.1, -0.05) is 6.07 Å². The zero-order valence-corrected chi connectivity index (χ0v) is 9.13. The van der Waals surface area contributed by atoms with Crippen LogP contribution in [0, 0.1) is 0 Å². The second-order valence-electron chi connectivity index (χ2n) is 3.26. The lowest BCUT2D eigenvalue weighted by molar-refractivity contribution is 1.01. The fraction of sp³-hybridized carbons (Fsp3) is 0.182. The Balaban J connectivity index is 1.83. The van der Waals surface area contributed by atoms with E-state index in [4.69, 9.17) is 5.73 Å². The highest BCUT2D eigenvalue weighted by Crippen LogP contribution is 2.08. The summed E-state index contributed by atoms with van der Waals surface area (Å²) in [5, 5.41) is 7.49. The summed E-state index contributed by atoms with van der Waals surface area (Å²) in [6, 6.07) is 7.74. The molecule has 0 saturated carbocycles. The summed E-state index contributed by atoms with van der Waals surface area (Å²) < 4.78 is 0. The van der Waals surface area contributed by atoms with Crippen LogP contribution in [0.3, 0.4) is 0 Å². The molecule has 0 bridgehead atoms. The maximum Gasteiger partial charge on any atom is 0.128 e. The van der Waals surface area contributed by atoms with E-state index in [2.05, 4.69) is 27.1 Å². The highest BCUT2D eigenvalue weighted by molar-refractivity contribution is 7.07. The average Bonchev–Trinajstić information content (AvgIpc) is 2.71. The smallest absolute Gasteiger partial charge is 0.128 e. The molecule has 3 N–H and O–H groups in total. The van der Waals surface area contributed by atoms with E-state index >= 15 is 0 Å². The van der Waals surface area contributed by atoms with Gasteiger partial charge in [0.2, 0.25) is 0 Å². The minimum absolute atomic E-state index is 0.551. The van der Waals surface area contributed by atoms with Gasteiger partial charge in [0.1, 0.15) is 11.6 Å². The molecule has 0 spiro atoms. The largest absolute Gasteiger partial charge is 0.384 e. The molecule has 4 heteroatoms. The molecule has 3 nitrogen and oxygen atoms in total. The van der Waals surface area contributed by atoms with Crippen LogP contribution in [0.15, 0.2) is 35.0 Å². The minimum atomic E-state index is 0.551. The SMILES string of the molecule is Nc1cccc(NCCc2ccsc2)n1. The number of anilines is 2. The molecular formula is C11H13N3S. The number of nitrogens with two attached hydrogens (primary N) is 1. The van der Waals surface area contributed by atoms with Gasteiger partial charge in [0.25, 0.3) is 0 Å². The Hall–Kier alpha value is -1.55. The van der Waals surface area contributed by atoms with Gasteiger partial charge in [-0.2, -0.15) is 11.3 Å². The van der Waals surface area contributed by atoms with Crippen LogP contribution in [0.25, 0.3) is 0 Å². The van der Waals surface area contributed by atoms with Crippen molar-refractivity contribution in [2.45, 2.75) is 6.42 Å². The third-order valence-corrected chi connectivity index (χ3v) is 2.80. The molecule has 0 atom stereocenters. The summed E-state index contributed by atoms with van der Waals surface area (Å²) in [5.74, 6) is 1.39. The van der Waals surface area contributed by atoms with Crippen LogP contribution in [0.1, 0.15) is 5.56 Å². The van der Waals surface area contributed by atoms with Crippen molar-refractivity contribution in [1.82, 2.24) is 4.98 Å². The van der Waals surface area contributed by atoms with Gasteiger partial charge in [-0.3, -0.25) is 0 Å². The first kappa shape index (κ1) is 9.98. The molecular weight excluding hydrogens is 206 g/mol. The van der Waals surface area contributed by atoms with E-state index < -0.39 is 0 Å². The Morgan fingerprint density at radius 3 is 3.00 bits per heavy atom. The Morgan fingerprint density at radius 2 is 2.27 bits per heavy atom. The Bertz CT molecular complexity index is 412. The molecule has 2 aromatic heterocycles. The third-order valence-electron chi connectivity index (χ3n) is 2.07. The van der Waals surface area contributed by atoms with Gasteiger partial charge in [-0.15, -0.1) is 0 Å². The van der Waals surface area contributed by atoms with Gasteiger partial charge < -0.3 is 11.1 Å². The second kappa shape index (κ2) is 4.79. The monoisotopic (exact) mass is 219 g/mol. The van der Waals surface area contributed by atoms with Gasteiger partial charge in [-0.05, 0) is 40.9 Å². The number of nitrogen functional groups attached to an aromatic ring is 1. The first-order valence-electron chi connectivity index (χ1n) is 4.82. The Morgan fingerprint density at radius 1 is 1.33 bits per heavy atom.